The van der Waals surface area contributed by atoms with Crippen LogP contribution in [0.3, 0.4) is 0 Å². The van der Waals surface area contributed by atoms with Crippen LogP contribution in [0.4, 0.5) is 0 Å². The van der Waals surface area contributed by atoms with Gasteiger partial charge in [0.05, 0.1) is 11.7 Å². The smallest absolute Gasteiger partial charge is 0.0656 e. The molecule has 2 heteroatoms. The van der Waals surface area contributed by atoms with Crippen LogP contribution in [0.1, 0.15) is 97.8 Å². The van der Waals surface area contributed by atoms with Crippen molar-refractivity contribution in [3.63, 3.8) is 0 Å². The highest BCUT2D eigenvalue weighted by Gasteiger charge is 2.62. The first-order valence-electron chi connectivity index (χ1n) is 13.0. The maximum Gasteiger partial charge on any atom is 0.0656 e. The van der Waals surface area contributed by atoms with E-state index in [1.165, 1.54) is 50.5 Å². The Bertz CT molecular complexity index is 720. The van der Waals surface area contributed by atoms with E-state index in [1.54, 1.807) is 0 Å². The molecule has 0 aliphatic heterocycles. The first kappa shape index (κ1) is 21.3. The van der Waals surface area contributed by atoms with Crippen LogP contribution in [-0.2, 0) is 0 Å². The zero-order chi connectivity index (χ0) is 21.1. The molecule has 0 radical (unpaired) electrons. The van der Waals surface area contributed by atoms with Crippen LogP contribution in [0, 0.1) is 40.4 Å². The molecule has 168 valence electrons. The first-order chi connectivity index (χ1) is 14.2. The minimum Gasteiger partial charge on any atom is -0.393 e. The van der Waals surface area contributed by atoms with Crippen molar-refractivity contribution in [2.24, 2.45) is 40.4 Å². The summed E-state index contributed by atoms with van der Waals surface area (Å²) in [7, 11) is 0. The van der Waals surface area contributed by atoms with E-state index in [4.69, 9.17) is 0 Å². The Balaban J connectivity index is 1.32. The van der Waals surface area contributed by atoms with Crippen molar-refractivity contribution in [1.82, 2.24) is 0 Å². The predicted molar refractivity (Wildman–Crippen MR) is 123 cm³/mol. The summed E-state index contributed by atoms with van der Waals surface area (Å²) in [4.78, 5) is 0. The number of hydrogen-bond donors (Lipinski definition) is 2. The fraction of sp³-hybridized carbons (Fsp3) is 0.857. The van der Waals surface area contributed by atoms with Gasteiger partial charge >= 0.3 is 0 Å². The Labute approximate surface area is 184 Å². The van der Waals surface area contributed by atoms with E-state index in [2.05, 4.69) is 39.0 Å². The van der Waals surface area contributed by atoms with E-state index < -0.39 is 5.60 Å². The number of rotatable bonds is 4. The molecule has 2 N–H and O–H groups in total. The molecule has 0 saturated heterocycles. The van der Waals surface area contributed by atoms with Crippen molar-refractivity contribution in [2.45, 2.75) is 110 Å². The monoisotopic (exact) mass is 412 g/mol. The molecule has 4 saturated carbocycles. The number of allylic oxidation sites excluding steroid dienone is 4. The maximum absolute atomic E-state index is 11.7. The summed E-state index contributed by atoms with van der Waals surface area (Å²) < 4.78 is 0. The largest absolute Gasteiger partial charge is 0.393 e. The van der Waals surface area contributed by atoms with Crippen LogP contribution in [-0.4, -0.2) is 21.9 Å². The lowest BCUT2D eigenvalue weighted by molar-refractivity contribution is -0.144. The summed E-state index contributed by atoms with van der Waals surface area (Å²) in [5.74, 6) is 3.68. The lowest BCUT2D eigenvalue weighted by Crippen LogP contribution is -2.55. The maximum atomic E-state index is 11.7. The van der Waals surface area contributed by atoms with Gasteiger partial charge < -0.3 is 10.2 Å². The summed E-state index contributed by atoms with van der Waals surface area (Å²) in [6.07, 6.45) is 20.8. The molecule has 2 nitrogen and oxygen atoms in total. The fourth-order valence-corrected chi connectivity index (χ4v) is 9.52. The van der Waals surface area contributed by atoms with E-state index in [1.807, 2.05) is 0 Å². The van der Waals surface area contributed by atoms with Gasteiger partial charge in [0.15, 0.2) is 0 Å². The molecule has 30 heavy (non-hydrogen) atoms. The Morgan fingerprint density at radius 1 is 1.00 bits per heavy atom. The van der Waals surface area contributed by atoms with Gasteiger partial charge in [-0.2, -0.15) is 0 Å². The Kier molecular flexibility index (Phi) is 5.30. The van der Waals surface area contributed by atoms with Crippen LogP contribution < -0.4 is 0 Å². The topological polar surface area (TPSA) is 40.5 Å². The number of fused-ring (bicyclic) bond motifs is 5. The molecule has 4 fully saturated rings. The molecule has 0 heterocycles. The summed E-state index contributed by atoms with van der Waals surface area (Å²) in [6, 6.07) is 0. The minimum atomic E-state index is -0.546. The van der Waals surface area contributed by atoms with Gasteiger partial charge in [-0.1, -0.05) is 37.6 Å². The van der Waals surface area contributed by atoms with Gasteiger partial charge in [-0.25, -0.2) is 0 Å². The SMILES string of the molecule is C[C@]12CC[C@H]3[C@@H](CCC4C[C@@H](O)CC[C@@]43C)[C@@H]1CC[C@@H]2[C@](C)(O)CCC1=CC=CC1. The highest BCUT2D eigenvalue weighted by molar-refractivity contribution is 5.23. The third-order valence-electron chi connectivity index (χ3n) is 11.2. The Morgan fingerprint density at radius 2 is 1.77 bits per heavy atom. The molecule has 0 spiro atoms. The second-order valence-corrected chi connectivity index (χ2v) is 12.6. The number of aliphatic hydroxyl groups excluding tert-OH is 1. The molecule has 9 atom stereocenters. The van der Waals surface area contributed by atoms with Gasteiger partial charge in [-0.15, -0.1) is 0 Å². The highest BCUT2D eigenvalue weighted by Crippen LogP contribution is 2.68. The van der Waals surface area contributed by atoms with Crippen molar-refractivity contribution in [3.05, 3.63) is 23.8 Å². The molecule has 1 unspecified atom stereocenters. The summed E-state index contributed by atoms with van der Waals surface area (Å²) in [6.45, 7) is 7.28. The molecule has 5 aliphatic rings. The van der Waals surface area contributed by atoms with Crippen molar-refractivity contribution < 1.29 is 10.2 Å². The second kappa shape index (κ2) is 7.48. The lowest BCUT2D eigenvalue weighted by atomic mass is 9.44. The van der Waals surface area contributed by atoms with Gasteiger partial charge in [0.2, 0.25) is 0 Å². The molecule has 0 aromatic rings. The van der Waals surface area contributed by atoms with Gasteiger partial charge in [-0.3, -0.25) is 0 Å². The van der Waals surface area contributed by atoms with Crippen LogP contribution in [0.25, 0.3) is 0 Å². The lowest BCUT2D eigenvalue weighted by Gasteiger charge is -2.61. The second-order valence-electron chi connectivity index (χ2n) is 12.6. The molecular weight excluding hydrogens is 368 g/mol. The summed E-state index contributed by atoms with van der Waals surface area (Å²) >= 11 is 0. The van der Waals surface area contributed by atoms with Crippen molar-refractivity contribution in [3.8, 4) is 0 Å². The molecule has 0 bridgehead atoms. The quantitative estimate of drug-likeness (QED) is 0.559. The average molecular weight is 413 g/mol. The zero-order valence-corrected chi connectivity index (χ0v) is 19.6. The van der Waals surface area contributed by atoms with Gasteiger partial charge in [0, 0.05) is 0 Å². The Hall–Kier alpha value is -0.600. The molecule has 0 aromatic carbocycles. The van der Waals surface area contributed by atoms with Crippen LogP contribution in [0.2, 0.25) is 0 Å². The highest BCUT2D eigenvalue weighted by atomic mass is 16.3. The van der Waals surface area contributed by atoms with E-state index in [9.17, 15) is 10.2 Å². The molecule has 5 aliphatic carbocycles. The molecule has 0 aromatic heterocycles. The van der Waals surface area contributed by atoms with E-state index in [0.29, 0.717) is 16.7 Å². The normalized spacial score (nSPS) is 49.7. The van der Waals surface area contributed by atoms with Crippen LogP contribution >= 0.6 is 0 Å². The van der Waals surface area contributed by atoms with Crippen molar-refractivity contribution >= 4 is 0 Å². The minimum absolute atomic E-state index is 0.0513. The Morgan fingerprint density at radius 3 is 2.53 bits per heavy atom. The fourth-order valence-electron chi connectivity index (χ4n) is 9.52. The third-order valence-corrected chi connectivity index (χ3v) is 11.2. The van der Waals surface area contributed by atoms with E-state index >= 15 is 0 Å². The first-order valence-corrected chi connectivity index (χ1v) is 13.0. The van der Waals surface area contributed by atoms with Crippen molar-refractivity contribution in [2.75, 3.05) is 0 Å². The number of aliphatic hydroxyl groups is 2. The van der Waals surface area contributed by atoms with Gasteiger partial charge in [0.1, 0.15) is 0 Å². The van der Waals surface area contributed by atoms with E-state index in [-0.39, 0.29) is 6.10 Å². The standard InChI is InChI=1S/C28H44O2/c1-26-15-13-21(29)18-20(26)8-9-22-23-10-11-25(27(23,2)16-14-24(22)26)28(3,30)17-12-19-6-4-5-7-19/h4-6,20-25,29-30H,7-18H2,1-3H3/t20?,21-,22-,23-,24-,25-,26-,27-,28+/m0/s1. The number of hydrogen-bond acceptors (Lipinski definition) is 2. The van der Waals surface area contributed by atoms with Crippen LogP contribution in [0.5, 0.6) is 0 Å². The summed E-state index contributed by atoms with van der Waals surface area (Å²) in [5, 5.41) is 21.9. The summed E-state index contributed by atoms with van der Waals surface area (Å²) in [5.41, 5.74) is 1.70. The van der Waals surface area contributed by atoms with Crippen molar-refractivity contribution in [1.29, 1.82) is 0 Å². The molecular formula is C28H44O2. The zero-order valence-electron chi connectivity index (χ0n) is 19.6. The molecule has 0 amide bonds. The van der Waals surface area contributed by atoms with Gasteiger partial charge in [0.25, 0.3) is 0 Å². The van der Waals surface area contributed by atoms with Gasteiger partial charge in [-0.05, 0) is 124 Å². The van der Waals surface area contributed by atoms with E-state index in [0.717, 1.165) is 55.8 Å². The van der Waals surface area contributed by atoms with Crippen LogP contribution in [0.15, 0.2) is 23.8 Å². The predicted octanol–water partition coefficient (Wildman–Crippen LogP) is 6.42. The average Bonchev–Trinajstić information content (AvgIpc) is 3.34. The third kappa shape index (κ3) is 3.27. The molecule has 5 rings (SSSR count).